The average Bonchev–Trinajstić information content (AvgIpc) is 3.58. The fourth-order valence-corrected chi connectivity index (χ4v) is 4.62. The van der Waals surface area contributed by atoms with E-state index in [9.17, 15) is 8.78 Å². The number of allylic oxidation sites excluding steroid dienone is 2. The Balaban J connectivity index is 2.17. The summed E-state index contributed by atoms with van der Waals surface area (Å²) in [6.07, 6.45) is 5.52. The van der Waals surface area contributed by atoms with Crippen molar-refractivity contribution in [1.82, 2.24) is 15.1 Å². The molecule has 37 heavy (non-hydrogen) atoms. The fourth-order valence-electron chi connectivity index (χ4n) is 4.18. The predicted molar refractivity (Wildman–Crippen MR) is 152 cm³/mol. The SMILES string of the molecule is C=CN(C)C(C(=C)/C(=C(\N=C(/C)N(C)c1c(F)cc(SC)cc1F)Nc1cc(C)[nH]n1)C1CC1)=C(C)C. The van der Waals surface area contributed by atoms with E-state index in [-0.39, 0.29) is 11.6 Å². The minimum absolute atomic E-state index is 0.155. The van der Waals surface area contributed by atoms with Gasteiger partial charge in [0.25, 0.3) is 0 Å². The molecule has 1 aliphatic rings. The molecular formula is C28H36F2N6S. The minimum Gasteiger partial charge on any atom is -0.351 e. The van der Waals surface area contributed by atoms with Gasteiger partial charge in [0.05, 0.1) is 0 Å². The number of nitrogens with one attached hydrogen (secondary N) is 2. The first-order valence-electron chi connectivity index (χ1n) is 12.1. The molecule has 0 bridgehead atoms. The number of aliphatic imine (C=N–C) groups is 1. The summed E-state index contributed by atoms with van der Waals surface area (Å²) >= 11 is 1.28. The Morgan fingerprint density at radius 2 is 1.81 bits per heavy atom. The fraction of sp³-hybridized carbons (Fsp3) is 0.357. The largest absolute Gasteiger partial charge is 0.351 e. The topological polar surface area (TPSA) is 59.5 Å². The van der Waals surface area contributed by atoms with Gasteiger partial charge in [-0.15, -0.1) is 11.8 Å². The third-order valence-corrected chi connectivity index (χ3v) is 6.93. The van der Waals surface area contributed by atoms with Crippen LogP contribution >= 0.6 is 11.8 Å². The van der Waals surface area contributed by atoms with Crippen molar-refractivity contribution in [2.24, 2.45) is 10.9 Å². The minimum atomic E-state index is -0.644. The van der Waals surface area contributed by atoms with Crippen LogP contribution in [-0.4, -0.2) is 41.3 Å². The second-order valence-electron chi connectivity index (χ2n) is 9.38. The first-order chi connectivity index (χ1) is 17.5. The third-order valence-electron chi connectivity index (χ3n) is 6.22. The molecule has 0 atom stereocenters. The Bertz CT molecular complexity index is 1260. The van der Waals surface area contributed by atoms with Crippen molar-refractivity contribution in [2.75, 3.05) is 30.6 Å². The molecule has 0 saturated heterocycles. The van der Waals surface area contributed by atoms with Crippen LogP contribution in [0.5, 0.6) is 0 Å². The highest BCUT2D eigenvalue weighted by atomic mass is 32.2. The smallest absolute Gasteiger partial charge is 0.153 e. The second kappa shape index (κ2) is 11.8. The average molecular weight is 527 g/mol. The number of benzene rings is 1. The van der Waals surface area contributed by atoms with Gasteiger partial charge in [-0.05, 0) is 76.6 Å². The van der Waals surface area contributed by atoms with Crippen LogP contribution in [0.4, 0.5) is 20.3 Å². The molecule has 0 spiro atoms. The van der Waals surface area contributed by atoms with Crippen LogP contribution < -0.4 is 10.2 Å². The number of amidine groups is 1. The van der Waals surface area contributed by atoms with E-state index < -0.39 is 11.6 Å². The first kappa shape index (κ1) is 28.2. The summed E-state index contributed by atoms with van der Waals surface area (Å²) in [4.78, 5) is 8.77. The highest BCUT2D eigenvalue weighted by molar-refractivity contribution is 7.98. The number of H-pyrrole nitrogens is 1. The van der Waals surface area contributed by atoms with Crippen LogP contribution in [-0.2, 0) is 0 Å². The van der Waals surface area contributed by atoms with Gasteiger partial charge in [0.2, 0.25) is 0 Å². The van der Waals surface area contributed by atoms with Gasteiger partial charge >= 0.3 is 0 Å². The van der Waals surface area contributed by atoms with E-state index in [1.165, 1.54) is 28.8 Å². The summed E-state index contributed by atoms with van der Waals surface area (Å²) in [5, 5.41) is 10.6. The number of halogens is 2. The maximum absolute atomic E-state index is 14.9. The Hall–Kier alpha value is -3.33. The van der Waals surface area contributed by atoms with E-state index >= 15 is 0 Å². The number of aromatic amines is 1. The Morgan fingerprint density at radius 1 is 1.19 bits per heavy atom. The summed E-state index contributed by atoms with van der Waals surface area (Å²) in [6.45, 7) is 16.1. The Kier molecular flexibility index (Phi) is 9.02. The molecule has 1 heterocycles. The number of hydrogen-bond acceptors (Lipinski definition) is 5. The summed E-state index contributed by atoms with van der Waals surface area (Å²) in [6, 6.07) is 4.54. The number of aromatic nitrogens is 2. The number of anilines is 2. The van der Waals surface area contributed by atoms with Gasteiger partial charge in [-0.3, -0.25) is 5.10 Å². The molecule has 6 nitrogen and oxygen atoms in total. The van der Waals surface area contributed by atoms with Gasteiger partial charge in [0, 0.05) is 42.0 Å². The van der Waals surface area contributed by atoms with E-state index in [4.69, 9.17) is 4.99 Å². The van der Waals surface area contributed by atoms with Crippen LogP contribution in [0.15, 0.2) is 75.7 Å². The van der Waals surface area contributed by atoms with Crippen molar-refractivity contribution in [3.05, 3.63) is 83.1 Å². The number of likely N-dealkylation sites (N-methyl/N-ethyl adjacent to an activating group) is 1. The monoisotopic (exact) mass is 526 g/mol. The molecular weight excluding hydrogens is 490 g/mol. The summed E-state index contributed by atoms with van der Waals surface area (Å²) in [5.74, 6) is 0.504. The van der Waals surface area contributed by atoms with Crippen molar-refractivity contribution < 1.29 is 8.78 Å². The molecule has 0 aliphatic heterocycles. The molecule has 0 amide bonds. The van der Waals surface area contributed by atoms with E-state index in [1.807, 2.05) is 38.8 Å². The molecule has 2 aromatic rings. The van der Waals surface area contributed by atoms with Crippen molar-refractivity contribution in [2.45, 2.75) is 45.4 Å². The van der Waals surface area contributed by atoms with Crippen LogP contribution in [0.25, 0.3) is 0 Å². The Morgan fingerprint density at radius 3 is 2.27 bits per heavy atom. The molecule has 9 heteroatoms. The number of hydrogen-bond donors (Lipinski definition) is 2. The van der Waals surface area contributed by atoms with Crippen molar-refractivity contribution in [3.63, 3.8) is 0 Å². The Labute approximate surface area is 222 Å². The van der Waals surface area contributed by atoms with Gasteiger partial charge < -0.3 is 15.1 Å². The zero-order chi connectivity index (χ0) is 27.4. The molecule has 1 fully saturated rings. The molecule has 3 rings (SSSR count). The van der Waals surface area contributed by atoms with Crippen molar-refractivity contribution >= 4 is 29.1 Å². The van der Waals surface area contributed by atoms with Gasteiger partial charge in [-0.2, -0.15) is 5.10 Å². The van der Waals surface area contributed by atoms with Crippen LogP contribution in [0.3, 0.4) is 0 Å². The van der Waals surface area contributed by atoms with E-state index in [2.05, 4.69) is 28.7 Å². The molecule has 1 aromatic heterocycles. The summed E-state index contributed by atoms with van der Waals surface area (Å²) in [5.41, 5.74) is 4.52. The predicted octanol–water partition coefficient (Wildman–Crippen LogP) is 7.23. The first-order valence-corrected chi connectivity index (χ1v) is 13.3. The lowest BCUT2D eigenvalue weighted by Gasteiger charge is -2.26. The highest BCUT2D eigenvalue weighted by Gasteiger charge is 2.33. The lowest BCUT2D eigenvalue weighted by molar-refractivity contribution is 0.572. The van der Waals surface area contributed by atoms with Crippen LogP contribution in [0.1, 0.15) is 39.3 Å². The zero-order valence-electron chi connectivity index (χ0n) is 22.7. The number of nitrogens with zero attached hydrogens (tertiary/aromatic N) is 4. The van der Waals surface area contributed by atoms with Gasteiger partial charge in [-0.25, -0.2) is 13.8 Å². The van der Waals surface area contributed by atoms with Gasteiger partial charge in [-0.1, -0.05) is 18.7 Å². The number of rotatable bonds is 10. The van der Waals surface area contributed by atoms with Crippen LogP contribution in [0.2, 0.25) is 0 Å². The standard InChI is InChI=1S/C28H36F2N6S/c1-10-35(7)26(16(2)3)18(5)25(20-11-12-20)28(32-24-13-17(4)33-34-24)31-19(6)36(8)27-22(29)14-21(37-9)15-23(27)30/h10,13-15,20H,1,5,11-12H2,2-4,6-9H3,(H2,32,33,34)/b28-25-,31-19+. The van der Waals surface area contributed by atoms with Crippen LogP contribution in [0, 0.1) is 24.5 Å². The normalized spacial score (nSPS) is 14.1. The molecule has 0 radical (unpaired) electrons. The van der Waals surface area contributed by atoms with E-state index in [0.717, 1.165) is 41.0 Å². The quantitative estimate of drug-likeness (QED) is 0.148. The zero-order valence-corrected chi connectivity index (χ0v) is 23.5. The van der Waals surface area contributed by atoms with Crippen molar-refractivity contribution in [3.8, 4) is 0 Å². The van der Waals surface area contributed by atoms with Gasteiger partial charge in [0.1, 0.15) is 17.3 Å². The summed E-state index contributed by atoms with van der Waals surface area (Å²) < 4.78 is 29.8. The molecule has 2 N–H and O–H groups in total. The molecule has 1 saturated carbocycles. The molecule has 1 aromatic carbocycles. The maximum Gasteiger partial charge on any atom is 0.153 e. The van der Waals surface area contributed by atoms with E-state index in [0.29, 0.717) is 22.4 Å². The lowest BCUT2D eigenvalue weighted by atomic mass is 9.96. The third kappa shape index (κ3) is 6.52. The summed E-state index contributed by atoms with van der Waals surface area (Å²) in [7, 11) is 3.54. The van der Waals surface area contributed by atoms with E-state index in [1.54, 1.807) is 26.4 Å². The molecule has 1 aliphatic carbocycles. The highest BCUT2D eigenvalue weighted by Crippen LogP contribution is 2.44. The lowest BCUT2D eigenvalue weighted by Crippen LogP contribution is -2.27. The maximum atomic E-state index is 14.9. The molecule has 0 unspecified atom stereocenters. The van der Waals surface area contributed by atoms with Gasteiger partial charge in [0.15, 0.2) is 17.5 Å². The number of aryl methyl sites for hydroxylation is 1. The van der Waals surface area contributed by atoms with Crippen molar-refractivity contribution in [1.29, 1.82) is 0 Å². The second-order valence-corrected chi connectivity index (χ2v) is 10.3. The number of thioether (sulfide) groups is 1. The molecule has 198 valence electrons.